The minimum Gasteiger partial charge on any atom is -0.450 e. The van der Waals surface area contributed by atoms with E-state index in [1.165, 1.54) is 0 Å². The van der Waals surface area contributed by atoms with E-state index in [2.05, 4.69) is 34.0 Å². The first-order valence-corrected chi connectivity index (χ1v) is 8.43. The molecular weight excluding hydrogens is 294 g/mol. The first-order valence-electron chi connectivity index (χ1n) is 8.43. The van der Waals surface area contributed by atoms with Gasteiger partial charge >= 0.3 is 6.09 Å². The van der Waals surface area contributed by atoms with Crippen LogP contribution in [0, 0.1) is 0 Å². The summed E-state index contributed by atoms with van der Waals surface area (Å²) in [5.74, 6) is 1.79. The largest absolute Gasteiger partial charge is 0.450 e. The average molecular weight is 321 g/mol. The predicted octanol–water partition coefficient (Wildman–Crippen LogP) is 2.36. The van der Waals surface area contributed by atoms with Gasteiger partial charge < -0.3 is 19.9 Å². The number of likely N-dealkylation sites (tertiary alicyclic amines) is 1. The SMILES string of the molecule is CCOC(=O)N1CCC(Nc2cc(N(CC)CC)ncn2)CC1. The summed E-state index contributed by atoms with van der Waals surface area (Å²) >= 11 is 0. The Labute approximate surface area is 138 Å². The fourth-order valence-electron chi connectivity index (χ4n) is 2.78. The minimum atomic E-state index is -0.211. The Bertz CT molecular complexity index is 499. The molecule has 1 N–H and O–H groups in total. The van der Waals surface area contributed by atoms with Crippen molar-refractivity contribution in [3.05, 3.63) is 12.4 Å². The van der Waals surface area contributed by atoms with Crippen molar-refractivity contribution in [1.29, 1.82) is 0 Å². The van der Waals surface area contributed by atoms with Crippen molar-refractivity contribution in [3.63, 3.8) is 0 Å². The van der Waals surface area contributed by atoms with E-state index in [0.29, 0.717) is 25.7 Å². The number of carbonyl (C=O) groups is 1. The summed E-state index contributed by atoms with van der Waals surface area (Å²) in [7, 11) is 0. The normalized spacial score (nSPS) is 15.3. The van der Waals surface area contributed by atoms with Gasteiger partial charge in [-0.05, 0) is 33.6 Å². The van der Waals surface area contributed by atoms with Crippen molar-refractivity contribution in [1.82, 2.24) is 14.9 Å². The monoisotopic (exact) mass is 321 g/mol. The number of amides is 1. The zero-order valence-electron chi connectivity index (χ0n) is 14.3. The third-order valence-corrected chi connectivity index (χ3v) is 4.11. The van der Waals surface area contributed by atoms with Gasteiger partial charge in [0.15, 0.2) is 0 Å². The highest BCUT2D eigenvalue weighted by Crippen LogP contribution is 2.18. The molecule has 0 bridgehead atoms. The number of rotatable bonds is 6. The number of nitrogens with one attached hydrogen (secondary N) is 1. The van der Waals surface area contributed by atoms with Crippen LogP contribution >= 0.6 is 0 Å². The zero-order valence-corrected chi connectivity index (χ0v) is 14.3. The molecule has 128 valence electrons. The van der Waals surface area contributed by atoms with Crippen LogP contribution in [0.25, 0.3) is 0 Å². The van der Waals surface area contributed by atoms with Crippen LogP contribution < -0.4 is 10.2 Å². The van der Waals surface area contributed by atoms with Crippen molar-refractivity contribution in [3.8, 4) is 0 Å². The van der Waals surface area contributed by atoms with Crippen molar-refractivity contribution in [2.24, 2.45) is 0 Å². The average Bonchev–Trinajstić information content (AvgIpc) is 2.57. The van der Waals surface area contributed by atoms with Gasteiger partial charge in [-0.3, -0.25) is 0 Å². The predicted molar refractivity (Wildman–Crippen MR) is 90.8 cm³/mol. The highest BCUT2D eigenvalue weighted by molar-refractivity contribution is 5.67. The summed E-state index contributed by atoms with van der Waals surface area (Å²) in [5, 5.41) is 3.46. The van der Waals surface area contributed by atoms with E-state index in [1.807, 2.05) is 13.0 Å². The van der Waals surface area contributed by atoms with E-state index in [1.54, 1.807) is 11.2 Å². The lowest BCUT2D eigenvalue weighted by Crippen LogP contribution is -2.42. The number of hydrogen-bond donors (Lipinski definition) is 1. The maximum atomic E-state index is 11.7. The number of nitrogens with zero attached hydrogens (tertiary/aromatic N) is 4. The van der Waals surface area contributed by atoms with Crippen LogP contribution in [0.15, 0.2) is 12.4 Å². The Hall–Kier alpha value is -2.05. The van der Waals surface area contributed by atoms with Crippen LogP contribution in [0.3, 0.4) is 0 Å². The van der Waals surface area contributed by atoms with Gasteiger partial charge in [0.05, 0.1) is 6.61 Å². The smallest absolute Gasteiger partial charge is 0.409 e. The molecule has 0 aliphatic carbocycles. The maximum Gasteiger partial charge on any atom is 0.409 e. The summed E-state index contributed by atoms with van der Waals surface area (Å²) < 4.78 is 5.04. The number of ether oxygens (including phenoxy) is 1. The minimum absolute atomic E-state index is 0.211. The van der Waals surface area contributed by atoms with Gasteiger partial charge in [-0.2, -0.15) is 0 Å². The third kappa shape index (κ3) is 4.71. The third-order valence-electron chi connectivity index (χ3n) is 4.11. The summed E-state index contributed by atoms with van der Waals surface area (Å²) in [4.78, 5) is 24.3. The molecule has 2 heterocycles. The topological polar surface area (TPSA) is 70.6 Å². The van der Waals surface area contributed by atoms with Crippen LogP contribution in [0.4, 0.5) is 16.4 Å². The standard InChI is InChI=1S/C16H27N5O2/c1-4-20(5-2)15-11-14(17-12-18-15)19-13-7-9-21(10-8-13)16(22)23-6-3/h11-13H,4-10H2,1-3H3,(H,17,18,19). The molecule has 1 amide bonds. The molecular formula is C16H27N5O2. The molecule has 0 saturated carbocycles. The van der Waals surface area contributed by atoms with E-state index in [4.69, 9.17) is 4.74 Å². The van der Waals surface area contributed by atoms with E-state index in [-0.39, 0.29) is 6.09 Å². The van der Waals surface area contributed by atoms with Gasteiger partial charge in [-0.25, -0.2) is 14.8 Å². The first-order chi connectivity index (χ1) is 11.2. The van der Waals surface area contributed by atoms with Crippen molar-refractivity contribution in [2.45, 2.75) is 39.7 Å². The Balaban J connectivity index is 1.89. The molecule has 1 fully saturated rings. The van der Waals surface area contributed by atoms with E-state index >= 15 is 0 Å². The van der Waals surface area contributed by atoms with Crippen molar-refractivity contribution >= 4 is 17.7 Å². The number of aromatic nitrogens is 2. The van der Waals surface area contributed by atoms with E-state index in [9.17, 15) is 4.79 Å². The van der Waals surface area contributed by atoms with E-state index in [0.717, 1.165) is 37.6 Å². The first kappa shape index (κ1) is 17.3. The highest BCUT2D eigenvalue weighted by Gasteiger charge is 2.23. The number of piperidine rings is 1. The van der Waals surface area contributed by atoms with Crippen LogP contribution in [0.1, 0.15) is 33.6 Å². The van der Waals surface area contributed by atoms with Crippen LogP contribution in [-0.2, 0) is 4.74 Å². The lowest BCUT2D eigenvalue weighted by atomic mass is 10.1. The molecule has 0 spiro atoms. The molecule has 1 aromatic heterocycles. The summed E-state index contributed by atoms with van der Waals surface area (Å²) in [6, 6.07) is 2.31. The second-order valence-corrected chi connectivity index (χ2v) is 5.54. The molecule has 1 aliphatic heterocycles. The molecule has 2 rings (SSSR count). The summed E-state index contributed by atoms with van der Waals surface area (Å²) in [6.45, 7) is 9.75. The van der Waals surface area contributed by atoms with Crippen molar-refractivity contribution in [2.75, 3.05) is 43.0 Å². The van der Waals surface area contributed by atoms with Gasteiger partial charge in [0.1, 0.15) is 18.0 Å². The Morgan fingerprint density at radius 2 is 2.00 bits per heavy atom. The fourth-order valence-corrected chi connectivity index (χ4v) is 2.78. The molecule has 0 radical (unpaired) electrons. The number of carbonyl (C=O) groups excluding carboxylic acids is 1. The van der Waals surface area contributed by atoms with Gasteiger partial charge in [-0.1, -0.05) is 0 Å². The molecule has 1 aromatic rings. The Morgan fingerprint density at radius 3 is 2.61 bits per heavy atom. The van der Waals surface area contributed by atoms with Gasteiger partial charge in [-0.15, -0.1) is 0 Å². The van der Waals surface area contributed by atoms with Gasteiger partial charge in [0.2, 0.25) is 0 Å². The molecule has 1 aliphatic rings. The lowest BCUT2D eigenvalue weighted by Gasteiger charge is -2.32. The fraction of sp³-hybridized carbons (Fsp3) is 0.688. The zero-order chi connectivity index (χ0) is 16.7. The van der Waals surface area contributed by atoms with Crippen LogP contribution in [0.5, 0.6) is 0 Å². The second kappa shape index (κ2) is 8.55. The van der Waals surface area contributed by atoms with Gasteiger partial charge in [0.25, 0.3) is 0 Å². The van der Waals surface area contributed by atoms with Crippen molar-refractivity contribution < 1.29 is 9.53 Å². The summed E-state index contributed by atoms with van der Waals surface area (Å²) in [6.07, 6.45) is 3.17. The van der Waals surface area contributed by atoms with Crippen LogP contribution in [-0.4, -0.2) is 59.8 Å². The molecule has 1 saturated heterocycles. The van der Waals surface area contributed by atoms with Gasteiger partial charge in [0, 0.05) is 38.3 Å². The highest BCUT2D eigenvalue weighted by atomic mass is 16.6. The van der Waals surface area contributed by atoms with E-state index < -0.39 is 0 Å². The van der Waals surface area contributed by atoms with Crippen LogP contribution in [0.2, 0.25) is 0 Å². The Kier molecular flexibility index (Phi) is 6.43. The summed E-state index contributed by atoms with van der Waals surface area (Å²) in [5.41, 5.74) is 0. The molecule has 7 nitrogen and oxygen atoms in total. The second-order valence-electron chi connectivity index (χ2n) is 5.54. The molecule has 0 atom stereocenters. The molecule has 23 heavy (non-hydrogen) atoms. The molecule has 7 heteroatoms. The number of hydrogen-bond acceptors (Lipinski definition) is 6. The quantitative estimate of drug-likeness (QED) is 0.867. The maximum absolute atomic E-state index is 11.7. The Morgan fingerprint density at radius 1 is 1.30 bits per heavy atom. The molecule has 0 unspecified atom stereocenters. The number of anilines is 2. The molecule has 0 aromatic carbocycles. The lowest BCUT2D eigenvalue weighted by molar-refractivity contribution is 0.0983.